The first-order valence-electron chi connectivity index (χ1n) is 6.94. The highest BCUT2D eigenvalue weighted by molar-refractivity contribution is 5.91. The molecule has 2 aromatic carbocycles. The molecule has 2 aromatic rings. The summed E-state index contributed by atoms with van der Waals surface area (Å²) in [6.07, 6.45) is 0.164. The number of hydrogen-bond donors (Lipinski definition) is 2. The van der Waals surface area contributed by atoms with Crippen LogP contribution >= 0.6 is 0 Å². The number of aryl methyl sites for hydroxylation is 2. The van der Waals surface area contributed by atoms with E-state index in [9.17, 15) is 13.6 Å². The molecule has 0 atom stereocenters. The number of anilines is 1. The van der Waals surface area contributed by atoms with Gasteiger partial charge in [0.05, 0.1) is 6.61 Å². The Morgan fingerprint density at radius 1 is 1.23 bits per heavy atom. The van der Waals surface area contributed by atoms with E-state index in [1.165, 1.54) is 12.1 Å². The van der Waals surface area contributed by atoms with Gasteiger partial charge >= 0.3 is 0 Å². The highest BCUT2D eigenvalue weighted by Gasteiger charge is 2.11. The summed E-state index contributed by atoms with van der Waals surface area (Å²) in [6.45, 7) is 1.72. The molecule has 0 bridgehead atoms. The van der Waals surface area contributed by atoms with Crippen molar-refractivity contribution in [2.45, 2.75) is 26.4 Å². The Labute approximate surface area is 127 Å². The minimum atomic E-state index is -0.913. The van der Waals surface area contributed by atoms with E-state index in [0.717, 1.165) is 11.6 Å². The normalized spacial score (nSPS) is 10.5. The molecule has 0 aliphatic rings. The number of benzene rings is 2. The lowest BCUT2D eigenvalue weighted by atomic mass is 10.1. The van der Waals surface area contributed by atoms with Crippen molar-refractivity contribution in [3.63, 3.8) is 0 Å². The maximum Gasteiger partial charge on any atom is 0.224 e. The van der Waals surface area contributed by atoms with Gasteiger partial charge in [0.1, 0.15) is 0 Å². The zero-order valence-corrected chi connectivity index (χ0v) is 12.2. The quantitative estimate of drug-likeness (QED) is 0.890. The van der Waals surface area contributed by atoms with Crippen LogP contribution in [0.2, 0.25) is 0 Å². The van der Waals surface area contributed by atoms with Gasteiger partial charge in [0.2, 0.25) is 5.91 Å². The van der Waals surface area contributed by atoms with Crippen LogP contribution in [0.25, 0.3) is 0 Å². The predicted molar refractivity (Wildman–Crippen MR) is 80.4 cm³/mol. The number of rotatable bonds is 5. The summed E-state index contributed by atoms with van der Waals surface area (Å²) in [5.41, 5.74) is 2.34. The lowest BCUT2D eigenvalue weighted by Crippen LogP contribution is -2.14. The molecule has 1 amide bonds. The average Bonchev–Trinajstić information content (AvgIpc) is 2.51. The Hall–Kier alpha value is -2.27. The number of aliphatic hydroxyl groups excluding tert-OH is 1. The molecule has 0 aromatic heterocycles. The van der Waals surface area contributed by atoms with Gasteiger partial charge in [0, 0.05) is 12.1 Å². The van der Waals surface area contributed by atoms with Crippen molar-refractivity contribution >= 4 is 11.6 Å². The van der Waals surface area contributed by atoms with Crippen LogP contribution in [0, 0.1) is 18.6 Å². The van der Waals surface area contributed by atoms with Crippen LogP contribution in [0.4, 0.5) is 14.5 Å². The molecule has 5 heteroatoms. The zero-order valence-electron chi connectivity index (χ0n) is 12.2. The summed E-state index contributed by atoms with van der Waals surface area (Å²) in [4.78, 5) is 11.9. The molecule has 0 unspecified atom stereocenters. The molecule has 0 saturated heterocycles. The van der Waals surface area contributed by atoms with E-state index in [4.69, 9.17) is 5.11 Å². The Kier molecular flexibility index (Phi) is 5.22. The number of amides is 1. The third kappa shape index (κ3) is 3.89. The number of carbonyl (C=O) groups excluding carboxylic acids is 1. The molecule has 0 saturated carbocycles. The fourth-order valence-corrected chi connectivity index (χ4v) is 2.10. The topological polar surface area (TPSA) is 49.3 Å². The van der Waals surface area contributed by atoms with Crippen LogP contribution in [0.5, 0.6) is 0 Å². The SMILES string of the molecule is Cc1ccc(CO)cc1NC(=O)CCc1cccc(F)c1F. The second-order valence-corrected chi connectivity index (χ2v) is 5.07. The molecule has 0 spiro atoms. The Morgan fingerprint density at radius 2 is 2.00 bits per heavy atom. The van der Waals surface area contributed by atoms with Gasteiger partial charge in [0.25, 0.3) is 0 Å². The van der Waals surface area contributed by atoms with Gasteiger partial charge in [-0.1, -0.05) is 24.3 Å². The van der Waals surface area contributed by atoms with E-state index in [1.807, 2.05) is 6.92 Å². The highest BCUT2D eigenvalue weighted by Crippen LogP contribution is 2.18. The minimum absolute atomic E-state index is 0.0448. The summed E-state index contributed by atoms with van der Waals surface area (Å²) in [6, 6.07) is 9.18. The van der Waals surface area contributed by atoms with Crippen molar-refractivity contribution < 1.29 is 18.7 Å². The van der Waals surface area contributed by atoms with Crippen LogP contribution < -0.4 is 5.32 Å². The standard InChI is InChI=1S/C17H17F2NO2/c1-11-5-6-12(10-21)9-15(11)20-16(22)8-7-13-3-2-4-14(18)17(13)19/h2-6,9,21H,7-8,10H2,1H3,(H,20,22). The van der Waals surface area contributed by atoms with E-state index >= 15 is 0 Å². The molecular weight excluding hydrogens is 288 g/mol. The second-order valence-electron chi connectivity index (χ2n) is 5.07. The van der Waals surface area contributed by atoms with Crippen molar-refractivity contribution in [1.29, 1.82) is 0 Å². The third-order valence-electron chi connectivity index (χ3n) is 3.41. The third-order valence-corrected chi connectivity index (χ3v) is 3.41. The highest BCUT2D eigenvalue weighted by atomic mass is 19.2. The number of hydrogen-bond acceptors (Lipinski definition) is 2. The minimum Gasteiger partial charge on any atom is -0.392 e. The molecular formula is C17H17F2NO2. The fraction of sp³-hybridized carbons (Fsp3) is 0.235. The summed E-state index contributed by atoms with van der Waals surface area (Å²) >= 11 is 0. The maximum atomic E-state index is 13.5. The van der Waals surface area contributed by atoms with Gasteiger partial charge in [-0.15, -0.1) is 0 Å². The number of aliphatic hydroxyl groups is 1. The maximum absolute atomic E-state index is 13.5. The lowest BCUT2D eigenvalue weighted by molar-refractivity contribution is -0.116. The van der Waals surface area contributed by atoms with Gasteiger partial charge in [0.15, 0.2) is 11.6 Å². The van der Waals surface area contributed by atoms with Gasteiger partial charge in [-0.05, 0) is 42.2 Å². The van der Waals surface area contributed by atoms with Crippen LogP contribution in [0.3, 0.4) is 0 Å². The molecule has 2 rings (SSSR count). The first-order chi connectivity index (χ1) is 10.5. The summed E-state index contributed by atoms with van der Waals surface area (Å²) in [7, 11) is 0. The summed E-state index contributed by atoms with van der Waals surface area (Å²) in [5, 5.41) is 11.8. The van der Waals surface area contributed by atoms with E-state index in [0.29, 0.717) is 11.3 Å². The van der Waals surface area contributed by atoms with E-state index < -0.39 is 11.6 Å². The molecule has 0 heterocycles. The monoisotopic (exact) mass is 305 g/mol. The number of carbonyl (C=O) groups is 1. The fourth-order valence-electron chi connectivity index (χ4n) is 2.10. The zero-order chi connectivity index (χ0) is 16.1. The Bertz CT molecular complexity index is 686. The van der Waals surface area contributed by atoms with Crippen molar-refractivity contribution in [1.82, 2.24) is 0 Å². The molecule has 3 nitrogen and oxygen atoms in total. The first-order valence-corrected chi connectivity index (χ1v) is 6.94. The Balaban J connectivity index is 2.00. The summed E-state index contributed by atoms with van der Waals surface area (Å²) in [5.74, 6) is -2.11. The van der Waals surface area contributed by atoms with Crippen LogP contribution in [0.15, 0.2) is 36.4 Å². The van der Waals surface area contributed by atoms with Gasteiger partial charge in [-0.2, -0.15) is 0 Å². The Morgan fingerprint density at radius 3 is 2.73 bits per heavy atom. The van der Waals surface area contributed by atoms with Crippen molar-refractivity contribution in [2.24, 2.45) is 0 Å². The molecule has 22 heavy (non-hydrogen) atoms. The van der Waals surface area contributed by atoms with Crippen molar-refractivity contribution in [2.75, 3.05) is 5.32 Å². The molecule has 2 N–H and O–H groups in total. The van der Waals surface area contributed by atoms with Crippen molar-refractivity contribution in [3.05, 3.63) is 64.7 Å². The molecule has 116 valence electrons. The molecule has 0 aliphatic heterocycles. The van der Waals surface area contributed by atoms with Crippen LogP contribution in [0.1, 0.15) is 23.1 Å². The summed E-state index contributed by atoms with van der Waals surface area (Å²) < 4.78 is 26.6. The van der Waals surface area contributed by atoms with E-state index in [-0.39, 0.29) is 30.9 Å². The number of nitrogens with one attached hydrogen (secondary N) is 1. The number of halogens is 2. The van der Waals surface area contributed by atoms with E-state index in [1.54, 1.807) is 18.2 Å². The first kappa shape index (κ1) is 16.1. The molecule has 0 radical (unpaired) electrons. The largest absolute Gasteiger partial charge is 0.392 e. The van der Waals surface area contributed by atoms with Crippen LogP contribution in [-0.4, -0.2) is 11.0 Å². The molecule has 0 fully saturated rings. The van der Waals surface area contributed by atoms with E-state index in [2.05, 4.69) is 5.32 Å². The van der Waals surface area contributed by atoms with Crippen LogP contribution in [-0.2, 0) is 17.8 Å². The van der Waals surface area contributed by atoms with Gasteiger partial charge < -0.3 is 10.4 Å². The average molecular weight is 305 g/mol. The lowest BCUT2D eigenvalue weighted by Gasteiger charge is -2.10. The van der Waals surface area contributed by atoms with Gasteiger partial charge in [-0.25, -0.2) is 8.78 Å². The smallest absolute Gasteiger partial charge is 0.224 e. The predicted octanol–water partition coefficient (Wildman–Crippen LogP) is 3.34. The van der Waals surface area contributed by atoms with Gasteiger partial charge in [-0.3, -0.25) is 4.79 Å². The second kappa shape index (κ2) is 7.13. The molecule has 0 aliphatic carbocycles. The van der Waals surface area contributed by atoms with Crippen molar-refractivity contribution in [3.8, 4) is 0 Å².